The number of rotatable bonds is 5. The number of amides is 1. The fraction of sp³-hybridized carbons (Fsp3) is 0.688. The number of nitrogens with one attached hydrogen (secondary N) is 1. The maximum absolute atomic E-state index is 12.0. The van der Waals surface area contributed by atoms with Crippen molar-refractivity contribution >= 4 is 11.9 Å². The number of aromatic nitrogens is 2. The van der Waals surface area contributed by atoms with E-state index in [1.807, 2.05) is 6.07 Å². The number of nitrogens with zero attached hydrogens (tertiary/aromatic N) is 3. The van der Waals surface area contributed by atoms with Crippen LogP contribution in [0.3, 0.4) is 0 Å². The largest absolute Gasteiger partial charge is 0.368 e. The van der Waals surface area contributed by atoms with Crippen LogP contribution in [0.1, 0.15) is 38.5 Å². The highest BCUT2D eigenvalue weighted by Gasteiger charge is 2.23. The van der Waals surface area contributed by atoms with E-state index in [0.29, 0.717) is 0 Å². The van der Waals surface area contributed by atoms with Crippen LogP contribution in [-0.4, -0.2) is 47.7 Å². The van der Waals surface area contributed by atoms with Gasteiger partial charge in [-0.1, -0.05) is 12.8 Å². The molecule has 6 heteroatoms. The molecule has 1 saturated heterocycles. The van der Waals surface area contributed by atoms with Crippen LogP contribution < -0.4 is 10.2 Å². The zero-order valence-corrected chi connectivity index (χ0v) is 12.9. The van der Waals surface area contributed by atoms with Gasteiger partial charge in [-0.3, -0.25) is 4.79 Å². The molecule has 1 aliphatic carbocycles. The summed E-state index contributed by atoms with van der Waals surface area (Å²) in [5.74, 6) is 0.733. The molecule has 1 N–H and O–H groups in total. The van der Waals surface area contributed by atoms with Gasteiger partial charge in [0.25, 0.3) is 0 Å². The SMILES string of the molecule is O=C(COC1CCCC1)NC1CCCN(c2ncccn2)C1. The van der Waals surface area contributed by atoms with Crippen LogP contribution in [0.15, 0.2) is 18.5 Å². The second-order valence-corrected chi connectivity index (χ2v) is 6.12. The zero-order chi connectivity index (χ0) is 15.2. The Balaban J connectivity index is 1.44. The lowest BCUT2D eigenvalue weighted by molar-refractivity contribution is -0.128. The van der Waals surface area contributed by atoms with E-state index in [1.54, 1.807) is 12.4 Å². The Kier molecular flexibility index (Phi) is 5.21. The summed E-state index contributed by atoms with van der Waals surface area (Å²) >= 11 is 0. The molecule has 2 fully saturated rings. The molecule has 2 aliphatic rings. The number of ether oxygens (including phenoxy) is 1. The van der Waals surface area contributed by atoms with Crippen molar-refractivity contribution in [3.63, 3.8) is 0 Å². The van der Waals surface area contributed by atoms with Crippen molar-refractivity contribution < 1.29 is 9.53 Å². The van der Waals surface area contributed by atoms with Crippen molar-refractivity contribution in [1.82, 2.24) is 15.3 Å². The number of hydrogen-bond donors (Lipinski definition) is 1. The minimum atomic E-state index is -0.00673. The third-order valence-corrected chi connectivity index (χ3v) is 4.37. The van der Waals surface area contributed by atoms with Crippen LogP contribution in [-0.2, 0) is 9.53 Å². The van der Waals surface area contributed by atoms with Gasteiger partial charge in [-0.25, -0.2) is 9.97 Å². The molecular weight excluding hydrogens is 280 g/mol. The lowest BCUT2D eigenvalue weighted by atomic mass is 10.1. The summed E-state index contributed by atoms with van der Waals surface area (Å²) in [7, 11) is 0. The second-order valence-electron chi connectivity index (χ2n) is 6.12. The maximum Gasteiger partial charge on any atom is 0.246 e. The molecule has 1 saturated carbocycles. The van der Waals surface area contributed by atoms with Crippen molar-refractivity contribution in [2.24, 2.45) is 0 Å². The average molecular weight is 304 g/mol. The van der Waals surface area contributed by atoms with E-state index in [2.05, 4.69) is 20.2 Å². The number of carbonyl (C=O) groups is 1. The summed E-state index contributed by atoms with van der Waals surface area (Å²) < 4.78 is 5.67. The molecule has 0 aromatic carbocycles. The summed E-state index contributed by atoms with van der Waals surface area (Å²) in [6, 6.07) is 1.96. The van der Waals surface area contributed by atoms with E-state index in [9.17, 15) is 4.79 Å². The van der Waals surface area contributed by atoms with Crippen LogP contribution in [0.4, 0.5) is 5.95 Å². The van der Waals surface area contributed by atoms with Gasteiger partial charge in [0, 0.05) is 31.5 Å². The van der Waals surface area contributed by atoms with Gasteiger partial charge in [-0.15, -0.1) is 0 Å². The van der Waals surface area contributed by atoms with Crippen LogP contribution in [0, 0.1) is 0 Å². The van der Waals surface area contributed by atoms with Crippen molar-refractivity contribution in [1.29, 1.82) is 0 Å². The third kappa shape index (κ3) is 4.16. The fourth-order valence-corrected chi connectivity index (χ4v) is 3.25. The first-order valence-electron chi connectivity index (χ1n) is 8.24. The number of anilines is 1. The summed E-state index contributed by atoms with van der Waals surface area (Å²) in [6.07, 6.45) is 10.4. The van der Waals surface area contributed by atoms with E-state index >= 15 is 0 Å². The predicted octanol–water partition coefficient (Wildman–Crippen LogP) is 1.52. The molecule has 0 spiro atoms. The van der Waals surface area contributed by atoms with Gasteiger partial charge in [0.05, 0.1) is 6.10 Å². The molecule has 6 nitrogen and oxygen atoms in total. The molecule has 1 amide bonds. The first-order valence-corrected chi connectivity index (χ1v) is 8.24. The van der Waals surface area contributed by atoms with Crippen LogP contribution in [0.25, 0.3) is 0 Å². The molecule has 3 rings (SSSR count). The Hall–Kier alpha value is -1.69. The highest BCUT2D eigenvalue weighted by molar-refractivity contribution is 5.77. The van der Waals surface area contributed by atoms with Crippen molar-refractivity contribution in [2.45, 2.75) is 50.7 Å². The molecule has 1 aromatic heterocycles. The Morgan fingerprint density at radius 2 is 2.00 bits per heavy atom. The first kappa shape index (κ1) is 15.2. The summed E-state index contributed by atoms with van der Waals surface area (Å²) in [5.41, 5.74) is 0. The Labute approximate surface area is 131 Å². The zero-order valence-electron chi connectivity index (χ0n) is 12.9. The topological polar surface area (TPSA) is 67.3 Å². The summed E-state index contributed by atoms with van der Waals surface area (Å²) in [6.45, 7) is 1.89. The molecule has 0 radical (unpaired) electrons. The van der Waals surface area contributed by atoms with Crippen molar-refractivity contribution in [3.8, 4) is 0 Å². The van der Waals surface area contributed by atoms with Gasteiger partial charge < -0.3 is 15.0 Å². The molecule has 0 bridgehead atoms. The van der Waals surface area contributed by atoms with Crippen LogP contribution in [0.2, 0.25) is 0 Å². The van der Waals surface area contributed by atoms with Crippen LogP contribution in [0.5, 0.6) is 0 Å². The van der Waals surface area contributed by atoms with E-state index in [-0.39, 0.29) is 24.7 Å². The molecule has 1 aromatic rings. The van der Waals surface area contributed by atoms with Gasteiger partial charge in [-0.05, 0) is 31.7 Å². The van der Waals surface area contributed by atoms with Crippen molar-refractivity contribution in [2.75, 3.05) is 24.6 Å². The van der Waals surface area contributed by atoms with Gasteiger partial charge in [-0.2, -0.15) is 0 Å². The molecule has 1 unspecified atom stereocenters. The number of piperidine rings is 1. The molecule has 2 heterocycles. The first-order chi connectivity index (χ1) is 10.8. The van der Waals surface area contributed by atoms with Crippen LogP contribution >= 0.6 is 0 Å². The van der Waals surface area contributed by atoms with E-state index in [0.717, 1.165) is 44.7 Å². The predicted molar refractivity (Wildman–Crippen MR) is 83.6 cm³/mol. The number of carbonyl (C=O) groups excluding carboxylic acids is 1. The van der Waals surface area contributed by atoms with Crippen molar-refractivity contribution in [3.05, 3.63) is 18.5 Å². The Morgan fingerprint density at radius 3 is 2.77 bits per heavy atom. The lowest BCUT2D eigenvalue weighted by Gasteiger charge is -2.33. The third-order valence-electron chi connectivity index (χ3n) is 4.37. The average Bonchev–Trinajstić information content (AvgIpc) is 3.08. The molecule has 22 heavy (non-hydrogen) atoms. The summed E-state index contributed by atoms with van der Waals surface area (Å²) in [4.78, 5) is 22.7. The van der Waals surface area contributed by atoms with Gasteiger partial charge in [0.15, 0.2) is 0 Å². The molecular formula is C16H24N4O2. The van der Waals surface area contributed by atoms with Gasteiger partial charge in [0.2, 0.25) is 11.9 Å². The number of hydrogen-bond acceptors (Lipinski definition) is 5. The standard InChI is InChI=1S/C16H24N4O2/c21-15(12-22-14-6-1-2-7-14)19-13-5-3-10-20(11-13)16-17-8-4-9-18-16/h4,8-9,13-14H,1-3,5-7,10-12H2,(H,19,21). The Morgan fingerprint density at radius 1 is 1.23 bits per heavy atom. The fourth-order valence-electron chi connectivity index (χ4n) is 3.25. The maximum atomic E-state index is 12.0. The van der Waals surface area contributed by atoms with Gasteiger partial charge >= 0.3 is 0 Å². The molecule has 1 atom stereocenters. The lowest BCUT2D eigenvalue weighted by Crippen LogP contribution is -2.49. The van der Waals surface area contributed by atoms with E-state index in [1.165, 1.54) is 12.8 Å². The second kappa shape index (κ2) is 7.54. The minimum absolute atomic E-state index is 0.00673. The van der Waals surface area contributed by atoms with E-state index < -0.39 is 0 Å². The quantitative estimate of drug-likeness (QED) is 0.893. The Bertz CT molecular complexity index is 476. The normalized spacial score (nSPS) is 22.7. The smallest absolute Gasteiger partial charge is 0.246 e. The van der Waals surface area contributed by atoms with Gasteiger partial charge in [0.1, 0.15) is 6.61 Å². The van der Waals surface area contributed by atoms with E-state index in [4.69, 9.17) is 4.74 Å². The monoisotopic (exact) mass is 304 g/mol. The summed E-state index contributed by atoms with van der Waals surface area (Å²) in [5, 5.41) is 3.08. The highest BCUT2D eigenvalue weighted by Crippen LogP contribution is 2.20. The highest BCUT2D eigenvalue weighted by atomic mass is 16.5. The molecule has 120 valence electrons. The minimum Gasteiger partial charge on any atom is -0.368 e. The molecule has 1 aliphatic heterocycles.